The van der Waals surface area contributed by atoms with E-state index in [9.17, 15) is 4.79 Å². The van der Waals surface area contributed by atoms with Crippen LogP contribution in [0.1, 0.15) is 38.1 Å². The SMILES string of the molecule is CCNC(=NCCNC(=O)c1ccc(OC)cc1)NC(C)(C)C. The van der Waals surface area contributed by atoms with E-state index >= 15 is 0 Å². The van der Waals surface area contributed by atoms with Crippen molar-refractivity contribution in [2.24, 2.45) is 4.99 Å². The fourth-order valence-electron chi connectivity index (χ4n) is 1.84. The highest BCUT2D eigenvalue weighted by molar-refractivity contribution is 5.94. The van der Waals surface area contributed by atoms with Crippen molar-refractivity contribution in [1.29, 1.82) is 0 Å². The zero-order valence-electron chi connectivity index (χ0n) is 14.7. The predicted octanol–water partition coefficient (Wildman–Crippen LogP) is 1.78. The normalized spacial score (nSPS) is 11.8. The smallest absolute Gasteiger partial charge is 0.251 e. The topological polar surface area (TPSA) is 74.8 Å². The molecule has 0 bridgehead atoms. The highest BCUT2D eigenvalue weighted by Crippen LogP contribution is 2.10. The third-order valence-electron chi connectivity index (χ3n) is 2.86. The fourth-order valence-corrected chi connectivity index (χ4v) is 1.84. The lowest BCUT2D eigenvalue weighted by Crippen LogP contribution is -2.47. The molecule has 0 atom stereocenters. The number of aliphatic imine (C=N–C) groups is 1. The Morgan fingerprint density at radius 3 is 2.35 bits per heavy atom. The predicted molar refractivity (Wildman–Crippen MR) is 94.2 cm³/mol. The summed E-state index contributed by atoms with van der Waals surface area (Å²) in [6.45, 7) is 10.0. The number of methoxy groups -OCH3 is 1. The van der Waals surface area contributed by atoms with Gasteiger partial charge in [-0.1, -0.05) is 0 Å². The Kier molecular flexibility index (Phi) is 7.38. The lowest BCUT2D eigenvalue weighted by atomic mass is 10.1. The molecule has 0 aromatic heterocycles. The number of nitrogens with one attached hydrogen (secondary N) is 3. The number of rotatable bonds is 6. The number of carbonyl (C=O) groups is 1. The largest absolute Gasteiger partial charge is 0.497 e. The molecule has 0 aliphatic carbocycles. The molecule has 6 heteroatoms. The van der Waals surface area contributed by atoms with Crippen LogP contribution in [-0.2, 0) is 0 Å². The average Bonchev–Trinajstić information content (AvgIpc) is 2.50. The summed E-state index contributed by atoms with van der Waals surface area (Å²) in [5, 5.41) is 9.34. The van der Waals surface area contributed by atoms with Crippen molar-refractivity contribution in [3.8, 4) is 5.75 Å². The molecule has 0 unspecified atom stereocenters. The molecule has 0 heterocycles. The van der Waals surface area contributed by atoms with Crippen molar-refractivity contribution in [3.05, 3.63) is 29.8 Å². The van der Waals surface area contributed by atoms with Gasteiger partial charge < -0.3 is 20.7 Å². The van der Waals surface area contributed by atoms with Crippen LogP contribution in [0.5, 0.6) is 5.75 Å². The number of guanidine groups is 1. The summed E-state index contributed by atoms with van der Waals surface area (Å²) in [6.07, 6.45) is 0. The lowest BCUT2D eigenvalue weighted by molar-refractivity contribution is 0.0954. The summed E-state index contributed by atoms with van der Waals surface area (Å²) in [7, 11) is 1.60. The van der Waals surface area contributed by atoms with Crippen LogP contribution in [0.2, 0.25) is 0 Å². The molecule has 0 saturated heterocycles. The van der Waals surface area contributed by atoms with Crippen LogP contribution in [0.3, 0.4) is 0 Å². The Balaban J connectivity index is 2.47. The average molecular weight is 320 g/mol. The van der Waals surface area contributed by atoms with E-state index in [0.29, 0.717) is 18.7 Å². The van der Waals surface area contributed by atoms with Gasteiger partial charge in [-0.3, -0.25) is 9.79 Å². The van der Waals surface area contributed by atoms with E-state index in [-0.39, 0.29) is 11.4 Å². The van der Waals surface area contributed by atoms with Crippen molar-refractivity contribution in [2.45, 2.75) is 33.2 Å². The summed E-state index contributed by atoms with van der Waals surface area (Å²) in [5.41, 5.74) is 0.544. The molecule has 23 heavy (non-hydrogen) atoms. The van der Waals surface area contributed by atoms with Gasteiger partial charge in [0.05, 0.1) is 13.7 Å². The molecule has 1 aromatic carbocycles. The molecule has 1 rings (SSSR count). The molecule has 1 aromatic rings. The van der Waals surface area contributed by atoms with Gasteiger partial charge in [0.15, 0.2) is 5.96 Å². The van der Waals surface area contributed by atoms with Crippen LogP contribution in [0.15, 0.2) is 29.3 Å². The van der Waals surface area contributed by atoms with Gasteiger partial charge in [0.1, 0.15) is 5.75 Å². The second-order valence-corrected chi connectivity index (χ2v) is 6.12. The number of nitrogens with zero attached hydrogens (tertiary/aromatic N) is 1. The van der Waals surface area contributed by atoms with E-state index in [1.165, 1.54) is 0 Å². The first-order valence-corrected chi connectivity index (χ1v) is 7.84. The molecule has 3 N–H and O–H groups in total. The number of hydrogen-bond donors (Lipinski definition) is 3. The van der Waals surface area contributed by atoms with Gasteiger partial charge in [-0.25, -0.2) is 0 Å². The number of benzene rings is 1. The lowest BCUT2D eigenvalue weighted by Gasteiger charge is -2.23. The number of carbonyl (C=O) groups excluding carboxylic acids is 1. The third kappa shape index (κ3) is 7.54. The maximum atomic E-state index is 12.0. The Bertz CT molecular complexity index is 518. The highest BCUT2D eigenvalue weighted by atomic mass is 16.5. The van der Waals surface area contributed by atoms with Gasteiger partial charge in [-0.2, -0.15) is 0 Å². The van der Waals surface area contributed by atoms with Gasteiger partial charge >= 0.3 is 0 Å². The van der Waals surface area contributed by atoms with E-state index in [0.717, 1.165) is 18.3 Å². The minimum absolute atomic E-state index is 0.0622. The van der Waals surface area contributed by atoms with Crippen LogP contribution in [0.4, 0.5) is 0 Å². The highest BCUT2D eigenvalue weighted by Gasteiger charge is 2.11. The van der Waals surface area contributed by atoms with Crippen molar-refractivity contribution in [3.63, 3.8) is 0 Å². The van der Waals surface area contributed by atoms with Crippen molar-refractivity contribution < 1.29 is 9.53 Å². The van der Waals surface area contributed by atoms with Gasteiger partial charge in [-0.05, 0) is 52.0 Å². The monoisotopic (exact) mass is 320 g/mol. The second-order valence-electron chi connectivity index (χ2n) is 6.12. The minimum atomic E-state index is -0.114. The van der Waals surface area contributed by atoms with E-state index in [1.807, 2.05) is 6.92 Å². The first-order chi connectivity index (χ1) is 10.9. The van der Waals surface area contributed by atoms with Crippen molar-refractivity contribution >= 4 is 11.9 Å². The fraction of sp³-hybridized carbons (Fsp3) is 0.529. The molecule has 128 valence electrons. The molecule has 0 aliphatic heterocycles. The Hall–Kier alpha value is -2.24. The van der Waals surface area contributed by atoms with Crippen LogP contribution in [0.25, 0.3) is 0 Å². The van der Waals surface area contributed by atoms with Crippen LogP contribution < -0.4 is 20.7 Å². The molecule has 1 amide bonds. The quantitative estimate of drug-likeness (QED) is 0.424. The van der Waals surface area contributed by atoms with E-state index in [2.05, 4.69) is 41.7 Å². The zero-order chi connectivity index (χ0) is 17.3. The Labute approximate surface area is 138 Å². The first-order valence-electron chi connectivity index (χ1n) is 7.84. The molecule has 0 fully saturated rings. The Morgan fingerprint density at radius 1 is 1.17 bits per heavy atom. The van der Waals surface area contributed by atoms with E-state index < -0.39 is 0 Å². The van der Waals surface area contributed by atoms with Gasteiger partial charge in [0.2, 0.25) is 0 Å². The molecule has 0 radical (unpaired) electrons. The molecular formula is C17H28N4O2. The number of ether oxygens (including phenoxy) is 1. The van der Waals surface area contributed by atoms with Gasteiger partial charge in [0.25, 0.3) is 5.91 Å². The Morgan fingerprint density at radius 2 is 1.83 bits per heavy atom. The third-order valence-corrected chi connectivity index (χ3v) is 2.86. The molecule has 6 nitrogen and oxygen atoms in total. The second kappa shape index (κ2) is 9.02. The standard InChI is InChI=1S/C17H28N4O2/c1-6-18-16(21-17(2,3)4)20-12-11-19-15(22)13-7-9-14(23-5)10-8-13/h7-10H,6,11-12H2,1-5H3,(H,19,22)(H2,18,20,21). The van der Waals surface area contributed by atoms with Crippen molar-refractivity contribution in [1.82, 2.24) is 16.0 Å². The minimum Gasteiger partial charge on any atom is -0.497 e. The molecule has 0 saturated carbocycles. The molecular weight excluding hydrogens is 292 g/mol. The van der Waals surface area contributed by atoms with Crippen LogP contribution in [0, 0.1) is 0 Å². The number of hydrogen-bond acceptors (Lipinski definition) is 3. The van der Waals surface area contributed by atoms with Crippen molar-refractivity contribution in [2.75, 3.05) is 26.7 Å². The summed E-state index contributed by atoms with van der Waals surface area (Å²) < 4.78 is 5.07. The summed E-state index contributed by atoms with van der Waals surface area (Å²) >= 11 is 0. The van der Waals surface area contributed by atoms with Crippen LogP contribution >= 0.6 is 0 Å². The zero-order valence-corrected chi connectivity index (χ0v) is 14.7. The molecule has 0 aliphatic rings. The van der Waals surface area contributed by atoms with Gasteiger partial charge in [0, 0.05) is 24.2 Å². The maximum absolute atomic E-state index is 12.0. The van der Waals surface area contributed by atoms with E-state index in [1.54, 1.807) is 31.4 Å². The summed E-state index contributed by atoms with van der Waals surface area (Å²) in [5.74, 6) is 1.37. The summed E-state index contributed by atoms with van der Waals surface area (Å²) in [4.78, 5) is 16.5. The summed E-state index contributed by atoms with van der Waals surface area (Å²) in [6, 6.07) is 7.01. The van der Waals surface area contributed by atoms with Gasteiger partial charge in [-0.15, -0.1) is 0 Å². The molecule has 0 spiro atoms. The number of amides is 1. The van der Waals surface area contributed by atoms with Crippen LogP contribution in [-0.4, -0.2) is 44.1 Å². The maximum Gasteiger partial charge on any atom is 0.251 e. The van der Waals surface area contributed by atoms with E-state index in [4.69, 9.17) is 4.74 Å². The first kappa shape index (κ1) is 18.8.